The lowest BCUT2D eigenvalue weighted by Crippen LogP contribution is -2.37. The zero-order valence-corrected chi connectivity index (χ0v) is 25.1. The summed E-state index contributed by atoms with van der Waals surface area (Å²) in [4.78, 5) is 59.0. The van der Waals surface area contributed by atoms with E-state index in [1.165, 1.54) is 10.9 Å². The molecule has 3 aliphatic rings. The number of azide groups is 1. The third-order valence-corrected chi connectivity index (χ3v) is 9.48. The molecule has 0 amide bonds. The minimum Gasteiger partial charge on any atom is -0.387 e. The van der Waals surface area contributed by atoms with Gasteiger partial charge in [-0.1, -0.05) is 5.11 Å². The van der Waals surface area contributed by atoms with Crippen LogP contribution in [0.3, 0.4) is 0 Å². The summed E-state index contributed by atoms with van der Waals surface area (Å²) in [5.74, 6) is -0.291. The molecule has 4 bridgehead atoms. The smallest absolute Gasteiger partial charge is 0.387 e. The first-order valence-corrected chi connectivity index (χ1v) is 16.3. The fourth-order valence-corrected chi connectivity index (χ4v) is 7.34. The maximum absolute atomic E-state index is 13.3. The number of rotatable bonds is 3. The molecular formula is C20H23N13O12P2. The number of ether oxygens (including phenoxy) is 2. The summed E-state index contributed by atoms with van der Waals surface area (Å²) in [5, 5.41) is 14.7. The zero-order valence-electron chi connectivity index (χ0n) is 23.3. The number of nitrogen functional groups attached to an aromatic ring is 2. The molecule has 3 saturated heterocycles. The van der Waals surface area contributed by atoms with Gasteiger partial charge in [-0.05, 0) is 5.53 Å². The molecule has 3 aliphatic heterocycles. The van der Waals surface area contributed by atoms with Crippen LogP contribution in [0.15, 0.2) is 28.9 Å². The molecule has 10 atom stereocenters. The van der Waals surface area contributed by atoms with E-state index in [0.29, 0.717) is 0 Å². The van der Waals surface area contributed by atoms with E-state index in [1.54, 1.807) is 0 Å². The van der Waals surface area contributed by atoms with Crippen LogP contribution in [0.5, 0.6) is 0 Å². The SMILES string of the molecule is [N-]=[N+]=N[C@H]1[C@H]2OP(=O)(O)OC[C@H]3O[C@@H](n4cnc5c(N)ncnc54)[C@H](OP(=O)(O)OC[C@H]1O[C@H]2n1cnc2c(=O)[nH]c(N)nc21)[C@@H]3O. The van der Waals surface area contributed by atoms with Gasteiger partial charge in [-0.15, -0.1) is 0 Å². The van der Waals surface area contributed by atoms with Gasteiger partial charge in [-0.3, -0.25) is 37.0 Å². The van der Waals surface area contributed by atoms with Crippen molar-refractivity contribution >= 4 is 49.7 Å². The average Bonchev–Trinajstić information content (AvgIpc) is 3.76. The first kappa shape index (κ1) is 31.5. The van der Waals surface area contributed by atoms with E-state index in [0.717, 1.165) is 17.2 Å². The minimum absolute atomic E-state index is 0.00949. The minimum atomic E-state index is -5.14. The van der Waals surface area contributed by atoms with E-state index in [2.05, 4.69) is 39.9 Å². The van der Waals surface area contributed by atoms with Gasteiger partial charge in [0.1, 0.15) is 36.3 Å². The van der Waals surface area contributed by atoms with Crippen LogP contribution < -0.4 is 17.0 Å². The first-order chi connectivity index (χ1) is 22.4. The summed E-state index contributed by atoms with van der Waals surface area (Å²) >= 11 is 0. The largest absolute Gasteiger partial charge is 0.472 e. The highest BCUT2D eigenvalue weighted by Gasteiger charge is 2.54. The Bertz CT molecular complexity index is 2070. The van der Waals surface area contributed by atoms with E-state index in [-0.39, 0.29) is 34.1 Å². The highest BCUT2D eigenvalue weighted by Crippen LogP contribution is 2.54. The van der Waals surface area contributed by atoms with Gasteiger partial charge in [0, 0.05) is 4.91 Å². The number of aliphatic hydroxyl groups excluding tert-OH is 1. The first-order valence-electron chi connectivity index (χ1n) is 13.4. The molecular weight excluding hydrogens is 676 g/mol. The van der Waals surface area contributed by atoms with Crippen molar-refractivity contribution in [3.05, 3.63) is 39.8 Å². The van der Waals surface area contributed by atoms with Gasteiger partial charge in [0.25, 0.3) is 5.56 Å². The van der Waals surface area contributed by atoms with Crippen molar-refractivity contribution in [3.63, 3.8) is 0 Å². The van der Waals surface area contributed by atoms with Crippen LogP contribution in [0.25, 0.3) is 32.8 Å². The molecule has 27 heteroatoms. The maximum atomic E-state index is 13.3. The summed E-state index contributed by atoms with van der Waals surface area (Å²) in [6.45, 7) is -1.66. The van der Waals surface area contributed by atoms with E-state index in [4.69, 9.17) is 39.0 Å². The maximum Gasteiger partial charge on any atom is 0.472 e. The normalized spacial score (nSPS) is 36.3. The van der Waals surface area contributed by atoms with Crippen molar-refractivity contribution in [2.45, 2.75) is 49.0 Å². The van der Waals surface area contributed by atoms with Gasteiger partial charge in [0.15, 0.2) is 35.1 Å². The lowest BCUT2D eigenvalue weighted by Gasteiger charge is -2.26. The number of hydrogen-bond acceptors (Lipinski definition) is 18. The van der Waals surface area contributed by atoms with E-state index in [1.807, 2.05) is 0 Å². The Hall–Kier alpha value is -4.09. The monoisotopic (exact) mass is 699 g/mol. The van der Waals surface area contributed by atoms with E-state index >= 15 is 0 Å². The second kappa shape index (κ2) is 11.6. The highest BCUT2D eigenvalue weighted by atomic mass is 31.2. The average molecular weight is 699 g/mol. The van der Waals surface area contributed by atoms with Crippen molar-refractivity contribution in [2.24, 2.45) is 5.11 Å². The molecule has 2 unspecified atom stereocenters. The second-order valence-electron chi connectivity index (χ2n) is 10.3. The molecule has 0 aromatic carbocycles. The fourth-order valence-electron chi connectivity index (χ4n) is 5.48. The molecule has 0 aliphatic carbocycles. The number of phosphoric acid groups is 2. The van der Waals surface area contributed by atoms with Crippen molar-refractivity contribution in [1.82, 2.24) is 39.0 Å². The lowest BCUT2D eigenvalue weighted by molar-refractivity contribution is -0.0673. The third-order valence-electron chi connectivity index (χ3n) is 7.51. The number of hydrogen-bond donors (Lipinski definition) is 6. The van der Waals surface area contributed by atoms with Gasteiger partial charge in [-0.2, -0.15) is 4.98 Å². The van der Waals surface area contributed by atoms with Gasteiger partial charge in [-0.25, -0.2) is 29.1 Å². The Kier molecular flexibility index (Phi) is 7.75. The number of nitrogens with one attached hydrogen (secondary N) is 1. The van der Waals surface area contributed by atoms with Crippen LogP contribution in [0.2, 0.25) is 0 Å². The Morgan fingerprint density at radius 3 is 2.28 bits per heavy atom. The predicted molar refractivity (Wildman–Crippen MR) is 150 cm³/mol. The van der Waals surface area contributed by atoms with Crippen LogP contribution >= 0.6 is 15.6 Å². The lowest BCUT2D eigenvalue weighted by atomic mass is 10.1. The number of nitrogens with zero attached hydrogens (tertiary/aromatic N) is 10. The number of anilines is 2. The molecule has 250 valence electrons. The van der Waals surface area contributed by atoms with E-state index < -0.39 is 83.4 Å². The third kappa shape index (κ3) is 5.63. The van der Waals surface area contributed by atoms with Gasteiger partial charge < -0.3 is 35.8 Å². The predicted octanol–water partition coefficient (Wildman–Crippen LogP) is -1.02. The van der Waals surface area contributed by atoms with Crippen molar-refractivity contribution in [3.8, 4) is 0 Å². The van der Waals surface area contributed by atoms with Crippen LogP contribution in [0.1, 0.15) is 12.5 Å². The van der Waals surface area contributed by atoms with Crippen LogP contribution in [0, 0.1) is 0 Å². The number of imidazole rings is 2. The number of nitrogens with two attached hydrogens (primary N) is 2. The molecule has 3 fully saturated rings. The molecule has 0 spiro atoms. The van der Waals surface area contributed by atoms with Gasteiger partial charge >= 0.3 is 15.6 Å². The molecule has 47 heavy (non-hydrogen) atoms. The summed E-state index contributed by atoms with van der Waals surface area (Å²) in [6, 6.07) is -1.51. The highest BCUT2D eigenvalue weighted by molar-refractivity contribution is 7.47. The summed E-state index contributed by atoms with van der Waals surface area (Å²) in [7, 11) is -10.3. The number of aromatic amines is 1. The molecule has 8 N–H and O–H groups in total. The Balaban J connectivity index is 1.26. The number of phosphoric ester groups is 2. The molecule has 4 aromatic rings. The van der Waals surface area contributed by atoms with Crippen LogP contribution in [-0.2, 0) is 36.7 Å². The second-order valence-corrected chi connectivity index (χ2v) is 13.2. The Morgan fingerprint density at radius 1 is 0.936 bits per heavy atom. The number of aromatic nitrogens is 8. The van der Waals surface area contributed by atoms with Crippen molar-refractivity contribution < 1.29 is 51.6 Å². The van der Waals surface area contributed by atoms with Crippen LogP contribution in [0.4, 0.5) is 11.8 Å². The standard InChI is InChI=1S/C20H23N13O12P2/c21-14-9-15(25-3-24-14)32(4-26-9)19-13-11(34)7(43-19)2-41-46(36,37)44-12-8(30-31-23)6(1-40-47(38,39)45-13)42-18(12)33-5-27-10-16(33)28-20(22)29-17(10)35/h3-8,11-13,18-19,34H,1-2H2,(H,36,37)(H,38,39)(H2,21,24,25)(H3,22,28,29,35)/t6-,7-,8-,11-,12-,13-,18-,19-/m1/s1. The number of H-pyrrole nitrogens is 1. The van der Waals surface area contributed by atoms with Gasteiger partial charge in [0.05, 0.1) is 38.0 Å². The van der Waals surface area contributed by atoms with Crippen LogP contribution in [-0.4, -0.2) is 104 Å². The van der Waals surface area contributed by atoms with Crippen molar-refractivity contribution in [1.29, 1.82) is 0 Å². The number of aliphatic hydroxyl groups is 1. The Labute approximate surface area is 259 Å². The zero-order chi connectivity index (χ0) is 33.2. The molecule has 0 saturated carbocycles. The topological polar surface area (TPSA) is 358 Å². The fraction of sp³-hybridized carbons (Fsp3) is 0.500. The molecule has 4 aromatic heterocycles. The Morgan fingerprint density at radius 2 is 1.55 bits per heavy atom. The van der Waals surface area contributed by atoms with Gasteiger partial charge in [0.2, 0.25) is 5.95 Å². The van der Waals surface area contributed by atoms with Crippen molar-refractivity contribution in [2.75, 3.05) is 24.7 Å². The van der Waals surface area contributed by atoms with E-state index in [9.17, 15) is 34.3 Å². The number of fused-ring (bicyclic) bond motifs is 6. The summed E-state index contributed by atoms with van der Waals surface area (Å²) in [5.41, 5.74) is 20.1. The molecule has 7 heterocycles. The molecule has 7 rings (SSSR count). The summed E-state index contributed by atoms with van der Waals surface area (Å²) in [6.07, 6.45) is -7.56. The quantitative estimate of drug-likeness (QED) is 0.0644. The molecule has 0 radical (unpaired) electrons. The molecule has 25 nitrogen and oxygen atoms in total. The summed E-state index contributed by atoms with van der Waals surface area (Å²) < 4.78 is 62.0.